The first kappa shape index (κ1) is 16.8. The summed E-state index contributed by atoms with van der Waals surface area (Å²) in [5.41, 5.74) is 1.47. The molecule has 8 nitrogen and oxygen atoms in total. The van der Waals surface area contributed by atoms with Crippen LogP contribution in [-0.2, 0) is 16.0 Å². The van der Waals surface area contributed by atoms with Crippen LogP contribution in [0.4, 0.5) is 0 Å². The van der Waals surface area contributed by atoms with Crippen LogP contribution in [0.2, 0.25) is 0 Å². The summed E-state index contributed by atoms with van der Waals surface area (Å²) in [6.07, 6.45) is 1.90. The van der Waals surface area contributed by atoms with Crippen LogP contribution in [0.5, 0.6) is 0 Å². The molecule has 0 unspecified atom stereocenters. The minimum Gasteiger partial charge on any atom is -0.394 e. The number of fused-ring (bicyclic) bond motifs is 1. The van der Waals surface area contributed by atoms with Crippen molar-refractivity contribution in [1.82, 2.24) is 14.0 Å². The van der Waals surface area contributed by atoms with E-state index in [1.807, 2.05) is 6.92 Å². The van der Waals surface area contributed by atoms with E-state index in [1.165, 1.54) is 8.97 Å². The zero-order valence-corrected chi connectivity index (χ0v) is 13.7. The minimum atomic E-state index is -0.816. The van der Waals surface area contributed by atoms with Crippen molar-refractivity contribution in [2.45, 2.75) is 51.5 Å². The molecule has 0 amide bonds. The van der Waals surface area contributed by atoms with Crippen molar-refractivity contribution in [2.24, 2.45) is 0 Å². The predicted octanol–water partition coefficient (Wildman–Crippen LogP) is -0.0333. The number of aliphatic hydroxyl groups excluding tert-OH is 2. The van der Waals surface area contributed by atoms with Gasteiger partial charge in [-0.05, 0) is 6.92 Å². The topological polar surface area (TPSA) is 106 Å². The standard InChI is InChI=1S/C16H21N3O5/c1-3-11(21)4-10-7-19-15(17-10)9(2)6-18(16(19)23)14-5-12(22)13(8-20)24-14/h6-7,12-14,20,22H,3-5,8H2,1-2H3/t12-,13+,14+/m0/s1. The van der Waals surface area contributed by atoms with E-state index in [0.29, 0.717) is 17.8 Å². The van der Waals surface area contributed by atoms with Crippen LogP contribution in [-0.4, -0.2) is 48.8 Å². The van der Waals surface area contributed by atoms with E-state index < -0.39 is 18.4 Å². The van der Waals surface area contributed by atoms with Gasteiger partial charge in [-0.15, -0.1) is 0 Å². The third kappa shape index (κ3) is 2.88. The molecule has 0 saturated carbocycles. The molecule has 2 aromatic rings. The van der Waals surface area contributed by atoms with Gasteiger partial charge >= 0.3 is 5.69 Å². The van der Waals surface area contributed by atoms with Gasteiger partial charge in [-0.2, -0.15) is 0 Å². The third-order valence-corrected chi connectivity index (χ3v) is 4.34. The van der Waals surface area contributed by atoms with Gasteiger partial charge in [-0.25, -0.2) is 9.78 Å². The Morgan fingerprint density at radius 2 is 2.21 bits per heavy atom. The molecular weight excluding hydrogens is 314 g/mol. The molecular formula is C16H21N3O5. The van der Waals surface area contributed by atoms with E-state index in [1.54, 1.807) is 19.3 Å². The maximum Gasteiger partial charge on any atom is 0.336 e. The van der Waals surface area contributed by atoms with Crippen LogP contribution in [0.1, 0.15) is 37.3 Å². The fourth-order valence-corrected chi connectivity index (χ4v) is 2.97. The second-order valence-electron chi connectivity index (χ2n) is 6.11. The molecule has 8 heteroatoms. The molecule has 130 valence electrons. The lowest BCUT2D eigenvalue weighted by atomic mass is 10.2. The Balaban J connectivity index is 2.01. The lowest BCUT2D eigenvalue weighted by Gasteiger charge is -2.15. The first-order valence-electron chi connectivity index (χ1n) is 8.00. The number of aliphatic hydroxyl groups is 2. The molecule has 0 bridgehead atoms. The first-order valence-corrected chi connectivity index (χ1v) is 8.00. The predicted molar refractivity (Wildman–Crippen MR) is 84.8 cm³/mol. The number of imidazole rings is 1. The number of aromatic nitrogens is 3. The SMILES string of the molecule is CCC(=O)Cc1cn2c(=O)n([C@H]3C[C@H](O)[C@@H](CO)O3)cc(C)c2n1. The van der Waals surface area contributed by atoms with Crippen molar-refractivity contribution < 1.29 is 19.7 Å². The van der Waals surface area contributed by atoms with Crippen molar-refractivity contribution in [3.8, 4) is 0 Å². The van der Waals surface area contributed by atoms with Gasteiger partial charge in [0, 0.05) is 30.8 Å². The van der Waals surface area contributed by atoms with Crippen LogP contribution in [0.3, 0.4) is 0 Å². The Kier molecular flexibility index (Phi) is 4.53. The summed E-state index contributed by atoms with van der Waals surface area (Å²) in [7, 11) is 0. The molecule has 1 aliphatic rings. The Morgan fingerprint density at radius 3 is 2.83 bits per heavy atom. The summed E-state index contributed by atoms with van der Waals surface area (Å²) >= 11 is 0. The third-order valence-electron chi connectivity index (χ3n) is 4.34. The summed E-state index contributed by atoms with van der Waals surface area (Å²) < 4.78 is 8.35. The van der Waals surface area contributed by atoms with Gasteiger partial charge in [0.1, 0.15) is 23.8 Å². The van der Waals surface area contributed by atoms with Crippen LogP contribution < -0.4 is 5.69 Å². The van der Waals surface area contributed by atoms with E-state index >= 15 is 0 Å². The molecule has 1 saturated heterocycles. The molecule has 1 aliphatic heterocycles. The zero-order valence-electron chi connectivity index (χ0n) is 13.7. The molecule has 24 heavy (non-hydrogen) atoms. The second-order valence-corrected chi connectivity index (χ2v) is 6.11. The maximum atomic E-state index is 12.7. The number of carbonyl (C=O) groups is 1. The van der Waals surface area contributed by atoms with Gasteiger partial charge in [0.25, 0.3) is 0 Å². The Labute approximate surface area is 138 Å². The number of rotatable bonds is 5. The number of ketones is 1. The van der Waals surface area contributed by atoms with Crippen molar-refractivity contribution in [1.29, 1.82) is 0 Å². The van der Waals surface area contributed by atoms with E-state index in [0.717, 1.165) is 5.56 Å². The normalized spacial score (nSPS) is 23.9. The molecule has 3 rings (SSSR count). The average molecular weight is 335 g/mol. The highest BCUT2D eigenvalue weighted by atomic mass is 16.5. The Hall–Kier alpha value is -2.03. The van der Waals surface area contributed by atoms with Crippen LogP contribution >= 0.6 is 0 Å². The van der Waals surface area contributed by atoms with Crippen molar-refractivity contribution >= 4 is 11.4 Å². The molecule has 3 atom stereocenters. The monoisotopic (exact) mass is 335 g/mol. The molecule has 2 aromatic heterocycles. The van der Waals surface area contributed by atoms with Gasteiger partial charge < -0.3 is 14.9 Å². The van der Waals surface area contributed by atoms with Gasteiger partial charge in [0.05, 0.1) is 24.8 Å². The highest BCUT2D eigenvalue weighted by molar-refractivity contribution is 5.80. The number of carbonyl (C=O) groups excluding carboxylic acids is 1. The second kappa shape index (κ2) is 6.46. The van der Waals surface area contributed by atoms with E-state index in [9.17, 15) is 19.8 Å². The highest BCUT2D eigenvalue weighted by Crippen LogP contribution is 2.27. The lowest BCUT2D eigenvalue weighted by molar-refractivity contribution is -0.118. The maximum absolute atomic E-state index is 12.7. The Bertz CT molecular complexity index is 825. The number of hydrogen-bond acceptors (Lipinski definition) is 6. The largest absolute Gasteiger partial charge is 0.394 e. The summed E-state index contributed by atoms with van der Waals surface area (Å²) in [6.45, 7) is 3.30. The number of ether oxygens (including phenoxy) is 1. The minimum absolute atomic E-state index is 0.0596. The first-order chi connectivity index (χ1) is 11.4. The highest BCUT2D eigenvalue weighted by Gasteiger charge is 2.35. The lowest BCUT2D eigenvalue weighted by Crippen LogP contribution is -2.30. The van der Waals surface area contributed by atoms with Crippen LogP contribution in [0.25, 0.3) is 5.65 Å². The fraction of sp³-hybridized carbons (Fsp3) is 0.562. The molecule has 3 heterocycles. The number of aryl methyl sites for hydroxylation is 1. The molecule has 0 aromatic carbocycles. The number of hydrogen-bond donors (Lipinski definition) is 2. The van der Waals surface area contributed by atoms with Gasteiger partial charge in [0.2, 0.25) is 0 Å². The van der Waals surface area contributed by atoms with Gasteiger partial charge in [0.15, 0.2) is 0 Å². The van der Waals surface area contributed by atoms with Crippen LogP contribution in [0.15, 0.2) is 17.2 Å². The molecule has 0 aliphatic carbocycles. The smallest absolute Gasteiger partial charge is 0.336 e. The molecule has 0 spiro atoms. The summed E-state index contributed by atoms with van der Waals surface area (Å²) in [5, 5.41) is 19.1. The summed E-state index contributed by atoms with van der Waals surface area (Å²) in [6, 6.07) is 0. The van der Waals surface area contributed by atoms with Crippen LogP contribution in [0, 0.1) is 6.92 Å². The quantitative estimate of drug-likeness (QED) is 0.795. The summed E-state index contributed by atoms with van der Waals surface area (Å²) in [5.74, 6) is 0.0596. The number of nitrogens with zero attached hydrogens (tertiary/aromatic N) is 3. The zero-order chi connectivity index (χ0) is 17.4. The average Bonchev–Trinajstić information content (AvgIpc) is 3.14. The summed E-state index contributed by atoms with van der Waals surface area (Å²) in [4.78, 5) is 28.7. The fourth-order valence-electron chi connectivity index (χ4n) is 2.97. The van der Waals surface area contributed by atoms with E-state index in [2.05, 4.69) is 4.98 Å². The van der Waals surface area contributed by atoms with E-state index in [-0.39, 0.29) is 30.9 Å². The Morgan fingerprint density at radius 1 is 1.46 bits per heavy atom. The van der Waals surface area contributed by atoms with Crippen molar-refractivity contribution in [2.75, 3.05) is 6.61 Å². The number of Topliss-reactive ketones (excluding diaryl/α,β-unsaturated/α-hetero) is 1. The van der Waals surface area contributed by atoms with E-state index in [4.69, 9.17) is 4.74 Å². The van der Waals surface area contributed by atoms with Gasteiger partial charge in [-0.1, -0.05) is 6.92 Å². The van der Waals surface area contributed by atoms with Crippen molar-refractivity contribution in [3.05, 3.63) is 34.1 Å². The molecule has 0 radical (unpaired) electrons. The van der Waals surface area contributed by atoms with Gasteiger partial charge in [-0.3, -0.25) is 13.8 Å². The van der Waals surface area contributed by atoms with Crippen molar-refractivity contribution in [3.63, 3.8) is 0 Å². The molecule has 2 N–H and O–H groups in total. The molecule has 1 fully saturated rings.